The Balaban J connectivity index is 1.83. The maximum absolute atomic E-state index is 12.4. The molecule has 3 N–H and O–H groups in total. The average molecular weight is 350 g/mol. The van der Waals surface area contributed by atoms with E-state index in [1.54, 1.807) is 23.0 Å². The SMILES string of the molecule is CCc1cnc(-c2cc3c([nH]c(=O)n3Cc3ccc(C)nc3)c(N)n2)o1. The average Bonchev–Trinajstić information content (AvgIpc) is 3.23. The van der Waals surface area contributed by atoms with Gasteiger partial charge in [0.15, 0.2) is 0 Å². The Morgan fingerprint density at radius 2 is 2.12 bits per heavy atom. The Hall–Kier alpha value is -3.42. The second-order valence-corrected chi connectivity index (χ2v) is 6.10. The number of aryl methyl sites for hydroxylation is 2. The number of rotatable bonds is 4. The largest absolute Gasteiger partial charge is 0.440 e. The number of nitrogens with two attached hydrogens (primary N) is 1. The molecule has 26 heavy (non-hydrogen) atoms. The quantitative estimate of drug-likeness (QED) is 0.583. The number of hydrogen-bond acceptors (Lipinski definition) is 6. The van der Waals surface area contributed by atoms with Gasteiger partial charge in [0.05, 0.1) is 18.3 Å². The van der Waals surface area contributed by atoms with E-state index in [2.05, 4.69) is 19.9 Å². The molecule has 0 fully saturated rings. The van der Waals surface area contributed by atoms with Crippen LogP contribution in [-0.4, -0.2) is 24.5 Å². The molecule has 0 bridgehead atoms. The van der Waals surface area contributed by atoms with Crippen molar-refractivity contribution >= 4 is 16.9 Å². The highest BCUT2D eigenvalue weighted by molar-refractivity contribution is 5.87. The fraction of sp³-hybridized carbons (Fsp3) is 0.222. The number of aromatic amines is 1. The Morgan fingerprint density at radius 3 is 2.81 bits per heavy atom. The van der Waals surface area contributed by atoms with Crippen LogP contribution in [0.1, 0.15) is 23.9 Å². The summed E-state index contributed by atoms with van der Waals surface area (Å²) < 4.78 is 7.27. The molecule has 132 valence electrons. The van der Waals surface area contributed by atoms with Crippen molar-refractivity contribution in [2.45, 2.75) is 26.8 Å². The third-order valence-electron chi connectivity index (χ3n) is 4.23. The lowest BCUT2D eigenvalue weighted by molar-refractivity contribution is 0.523. The highest BCUT2D eigenvalue weighted by Crippen LogP contribution is 2.25. The topological polar surface area (TPSA) is 116 Å². The van der Waals surface area contributed by atoms with Crippen molar-refractivity contribution in [2.24, 2.45) is 0 Å². The van der Waals surface area contributed by atoms with Gasteiger partial charge < -0.3 is 15.1 Å². The molecular formula is C18H18N6O2. The van der Waals surface area contributed by atoms with Crippen molar-refractivity contribution in [2.75, 3.05) is 5.73 Å². The van der Waals surface area contributed by atoms with E-state index in [1.807, 2.05) is 26.0 Å². The van der Waals surface area contributed by atoms with Crippen LogP contribution in [0.2, 0.25) is 0 Å². The third kappa shape index (κ3) is 2.75. The molecule has 0 spiro atoms. The minimum atomic E-state index is -0.257. The van der Waals surface area contributed by atoms with E-state index in [-0.39, 0.29) is 11.5 Å². The molecule has 0 radical (unpaired) electrons. The number of nitrogen functional groups attached to an aromatic ring is 1. The monoisotopic (exact) mass is 350 g/mol. The molecular weight excluding hydrogens is 332 g/mol. The van der Waals surface area contributed by atoms with Gasteiger partial charge in [-0.3, -0.25) is 9.55 Å². The molecule has 4 aromatic rings. The second-order valence-electron chi connectivity index (χ2n) is 6.10. The summed E-state index contributed by atoms with van der Waals surface area (Å²) in [5, 5.41) is 0. The van der Waals surface area contributed by atoms with Crippen LogP contribution in [0.4, 0.5) is 5.82 Å². The van der Waals surface area contributed by atoms with Gasteiger partial charge >= 0.3 is 5.69 Å². The molecule has 0 saturated heterocycles. The number of nitrogens with one attached hydrogen (secondary N) is 1. The molecule has 4 aromatic heterocycles. The van der Waals surface area contributed by atoms with Gasteiger partial charge in [0, 0.05) is 18.3 Å². The summed E-state index contributed by atoms with van der Waals surface area (Å²) in [6.07, 6.45) is 4.16. The molecule has 8 nitrogen and oxygen atoms in total. The number of imidazole rings is 1. The Morgan fingerprint density at radius 1 is 1.27 bits per heavy atom. The zero-order chi connectivity index (χ0) is 18.3. The van der Waals surface area contributed by atoms with Gasteiger partial charge in [-0.1, -0.05) is 13.0 Å². The minimum Gasteiger partial charge on any atom is -0.440 e. The molecule has 0 unspecified atom stereocenters. The fourth-order valence-electron chi connectivity index (χ4n) is 2.81. The van der Waals surface area contributed by atoms with E-state index >= 15 is 0 Å². The van der Waals surface area contributed by atoms with Crippen molar-refractivity contribution in [3.8, 4) is 11.6 Å². The van der Waals surface area contributed by atoms with Crippen molar-refractivity contribution in [3.63, 3.8) is 0 Å². The first-order valence-electron chi connectivity index (χ1n) is 8.30. The highest BCUT2D eigenvalue weighted by Gasteiger charge is 2.16. The van der Waals surface area contributed by atoms with Gasteiger partial charge in [0.25, 0.3) is 0 Å². The smallest absolute Gasteiger partial charge is 0.326 e. The minimum absolute atomic E-state index is 0.228. The molecule has 0 aliphatic rings. The third-order valence-corrected chi connectivity index (χ3v) is 4.23. The number of hydrogen-bond donors (Lipinski definition) is 2. The van der Waals surface area contributed by atoms with Crippen molar-refractivity contribution in [1.82, 2.24) is 24.5 Å². The van der Waals surface area contributed by atoms with Crippen molar-refractivity contribution in [1.29, 1.82) is 0 Å². The lowest BCUT2D eigenvalue weighted by Crippen LogP contribution is -2.17. The van der Waals surface area contributed by atoms with E-state index in [4.69, 9.17) is 10.2 Å². The Labute approximate surface area is 148 Å². The lowest BCUT2D eigenvalue weighted by atomic mass is 10.2. The molecule has 8 heteroatoms. The van der Waals surface area contributed by atoms with Gasteiger partial charge in [-0.15, -0.1) is 0 Å². The van der Waals surface area contributed by atoms with E-state index in [0.717, 1.165) is 23.4 Å². The van der Waals surface area contributed by atoms with Crippen LogP contribution >= 0.6 is 0 Å². The number of fused-ring (bicyclic) bond motifs is 1. The van der Waals surface area contributed by atoms with Crippen molar-refractivity contribution < 1.29 is 4.42 Å². The normalized spacial score (nSPS) is 11.3. The van der Waals surface area contributed by atoms with E-state index in [1.165, 1.54) is 0 Å². The Bertz CT molecular complexity index is 1140. The van der Waals surface area contributed by atoms with Crippen LogP contribution < -0.4 is 11.4 Å². The molecule has 4 rings (SSSR count). The van der Waals surface area contributed by atoms with Gasteiger partial charge in [0.2, 0.25) is 5.89 Å². The molecule has 0 atom stereocenters. The first kappa shape index (κ1) is 16.1. The maximum atomic E-state index is 12.4. The highest BCUT2D eigenvalue weighted by atomic mass is 16.4. The predicted octanol–water partition coefficient (Wildman–Crippen LogP) is 2.28. The molecule has 0 aliphatic heterocycles. The van der Waals surface area contributed by atoms with Gasteiger partial charge in [-0.25, -0.2) is 14.8 Å². The van der Waals surface area contributed by atoms with Crippen LogP contribution in [0.15, 0.2) is 39.8 Å². The van der Waals surface area contributed by atoms with Crippen LogP contribution in [0, 0.1) is 6.92 Å². The summed E-state index contributed by atoms with van der Waals surface area (Å²) in [5.41, 5.74) is 9.27. The zero-order valence-corrected chi connectivity index (χ0v) is 14.5. The number of aromatic nitrogens is 5. The molecule has 0 aliphatic carbocycles. The Kier molecular flexibility index (Phi) is 3.80. The van der Waals surface area contributed by atoms with Gasteiger partial charge in [-0.2, -0.15) is 0 Å². The van der Waals surface area contributed by atoms with Crippen LogP contribution in [0.25, 0.3) is 22.6 Å². The summed E-state index contributed by atoms with van der Waals surface area (Å²) in [4.78, 5) is 28.0. The van der Waals surface area contributed by atoms with Crippen molar-refractivity contribution in [3.05, 3.63) is 58.1 Å². The number of H-pyrrole nitrogens is 1. The molecule has 0 saturated carbocycles. The molecule has 0 aromatic carbocycles. The number of oxazole rings is 1. The van der Waals surface area contributed by atoms with Gasteiger partial charge in [-0.05, 0) is 24.6 Å². The summed E-state index contributed by atoms with van der Waals surface area (Å²) in [5.74, 6) is 1.37. The van der Waals surface area contributed by atoms with Crippen LogP contribution in [0.5, 0.6) is 0 Å². The number of anilines is 1. The summed E-state index contributed by atoms with van der Waals surface area (Å²) in [6, 6.07) is 5.62. The molecule has 0 amide bonds. The first-order valence-corrected chi connectivity index (χ1v) is 8.30. The summed E-state index contributed by atoms with van der Waals surface area (Å²) in [7, 11) is 0. The summed E-state index contributed by atoms with van der Waals surface area (Å²) >= 11 is 0. The lowest BCUT2D eigenvalue weighted by Gasteiger charge is -2.05. The summed E-state index contributed by atoms with van der Waals surface area (Å²) in [6.45, 7) is 4.27. The van der Waals surface area contributed by atoms with E-state index in [0.29, 0.717) is 29.2 Å². The van der Waals surface area contributed by atoms with Gasteiger partial charge in [0.1, 0.15) is 22.8 Å². The zero-order valence-electron chi connectivity index (χ0n) is 14.5. The maximum Gasteiger partial charge on any atom is 0.326 e. The number of nitrogens with zero attached hydrogens (tertiary/aromatic N) is 4. The first-order chi connectivity index (χ1) is 12.5. The van der Waals surface area contributed by atoms with Crippen LogP contribution in [0.3, 0.4) is 0 Å². The second kappa shape index (κ2) is 6.14. The fourth-order valence-corrected chi connectivity index (χ4v) is 2.81. The molecule has 4 heterocycles. The van der Waals surface area contributed by atoms with E-state index in [9.17, 15) is 4.79 Å². The standard InChI is InChI=1S/C18H18N6O2/c1-3-12-8-21-17(26-12)13-6-14-15(16(19)22-13)23-18(25)24(14)9-11-5-4-10(2)20-7-11/h4-8H,3,9H2,1-2H3,(H2,19,22)(H,23,25). The number of pyridine rings is 2. The van der Waals surface area contributed by atoms with E-state index < -0.39 is 0 Å². The van der Waals surface area contributed by atoms with Crippen LogP contribution in [-0.2, 0) is 13.0 Å². The predicted molar refractivity (Wildman–Crippen MR) is 97.7 cm³/mol.